The summed E-state index contributed by atoms with van der Waals surface area (Å²) in [4.78, 5) is 0. The van der Waals surface area contributed by atoms with Crippen LogP contribution in [-0.4, -0.2) is 37.6 Å². The largest absolute Gasteiger partial charge is 0.394 e. The van der Waals surface area contributed by atoms with E-state index in [-0.39, 0.29) is 18.8 Å². The summed E-state index contributed by atoms with van der Waals surface area (Å²) >= 11 is 0. The average molecular weight is 216 g/mol. The summed E-state index contributed by atoms with van der Waals surface area (Å²) in [6.45, 7) is 2.77. The second-order valence-electron chi connectivity index (χ2n) is 4.37. The highest BCUT2D eigenvalue weighted by Gasteiger charge is 2.30. The van der Waals surface area contributed by atoms with E-state index in [4.69, 9.17) is 14.6 Å². The van der Waals surface area contributed by atoms with Crippen molar-refractivity contribution in [3.8, 4) is 0 Å². The molecule has 15 heavy (non-hydrogen) atoms. The van der Waals surface area contributed by atoms with Gasteiger partial charge in [-0.2, -0.15) is 0 Å². The van der Waals surface area contributed by atoms with Gasteiger partial charge in [0.05, 0.1) is 25.4 Å². The molecule has 0 bridgehead atoms. The van der Waals surface area contributed by atoms with Crippen molar-refractivity contribution in [3.63, 3.8) is 0 Å². The van der Waals surface area contributed by atoms with E-state index in [0.29, 0.717) is 6.61 Å². The van der Waals surface area contributed by atoms with Gasteiger partial charge in [-0.05, 0) is 25.2 Å². The summed E-state index contributed by atoms with van der Waals surface area (Å²) in [5, 5.41) is 8.73. The predicted octanol–water partition coefficient (Wildman–Crippen LogP) is 1.98. The fraction of sp³-hybridized carbons (Fsp3) is 1.00. The van der Waals surface area contributed by atoms with Gasteiger partial charge < -0.3 is 14.6 Å². The maximum atomic E-state index is 8.73. The van der Waals surface area contributed by atoms with E-state index in [1.807, 2.05) is 0 Å². The van der Waals surface area contributed by atoms with Gasteiger partial charge in [0, 0.05) is 7.11 Å². The zero-order chi connectivity index (χ0) is 11.1. The van der Waals surface area contributed by atoms with Gasteiger partial charge in [-0.25, -0.2) is 0 Å². The summed E-state index contributed by atoms with van der Waals surface area (Å²) in [6.07, 6.45) is 6.39. The average Bonchev–Trinajstić information content (AvgIpc) is 2.27. The molecule has 90 valence electrons. The highest BCUT2D eigenvalue weighted by Crippen LogP contribution is 2.31. The monoisotopic (exact) mass is 216 g/mol. The third-order valence-electron chi connectivity index (χ3n) is 3.26. The summed E-state index contributed by atoms with van der Waals surface area (Å²) in [6, 6.07) is 0. The molecule has 0 spiro atoms. The maximum absolute atomic E-state index is 8.73. The lowest BCUT2D eigenvalue weighted by molar-refractivity contribution is -0.0937. The molecule has 1 aliphatic rings. The van der Waals surface area contributed by atoms with Crippen molar-refractivity contribution in [3.05, 3.63) is 0 Å². The minimum Gasteiger partial charge on any atom is -0.394 e. The Morgan fingerprint density at radius 3 is 2.67 bits per heavy atom. The molecule has 1 unspecified atom stereocenters. The number of hydrogen-bond donors (Lipinski definition) is 1. The summed E-state index contributed by atoms with van der Waals surface area (Å²) in [5.74, 6) is 0.800. The fourth-order valence-corrected chi connectivity index (χ4v) is 2.50. The number of methoxy groups -OCH3 is 1. The SMILES string of the molecule is CCCC1CC[C@@H](OCCO)[C@H](OC)C1. The molecule has 1 rings (SSSR count). The Morgan fingerprint density at radius 1 is 1.27 bits per heavy atom. The Morgan fingerprint density at radius 2 is 2.07 bits per heavy atom. The third-order valence-corrected chi connectivity index (χ3v) is 3.26. The highest BCUT2D eigenvalue weighted by molar-refractivity contribution is 4.81. The van der Waals surface area contributed by atoms with E-state index < -0.39 is 0 Å². The van der Waals surface area contributed by atoms with E-state index in [9.17, 15) is 0 Å². The van der Waals surface area contributed by atoms with Crippen molar-refractivity contribution >= 4 is 0 Å². The van der Waals surface area contributed by atoms with Crippen LogP contribution in [0.15, 0.2) is 0 Å². The van der Waals surface area contributed by atoms with Crippen LogP contribution in [0.5, 0.6) is 0 Å². The Bertz CT molecular complexity index is 161. The van der Waals surface area contributed by atoms with Crippen LogP contribution in [0.3, 0.4) is 0 Å². The molecule has 1 fully saturated rings. The topological polar surface area (TPSA) is 38.7 Å². The van der Waals surface area contributed by atoms with E-state index in [0.717, 1.165) is 18.8 Å². The van der Waals surface area contributed by atoms with Gasteiger partial charge in [0.25, 0.3) is 0 Å². The number of rotatable bonds is 6. The van der Waals surface area contributed by atoms with Crippen LogP contribution >= 0.6 is 0 Å². The van der Waals surface area contributed by atoms with Gasteiger partial charge in [-0.15, -0.1) is 0 Å². The Labute approximate surface area is 92.8 Å². The molecule has 0 aliphatic heterocycles. The second kappa shape index (κ2) is 7.20. The first-order valence-corrected chi connectivity index (χ1v) is 6.07. The molecule has 0 aromatic heterocycles. The first-order valence-electron chi connectivity index (χ1n) is 6.07. The quantitative estimate of drug-likeness (QED) is 0.738. The van der Waals surface area contributed by atoms with Crippen molar-refractivity contribution < 1.29 is 14.6 Å². The lowest BCUT2D eigenvalue weighted by Crippen LogP contribution is -2.37. The molecular weight excluding hydrogens is 192 g/mol. The Kier molecular flexibility index (Phi) is 6.22. The Hall–Kier alpha value is -0.120. The molecule has 1 N–H and O–H groups in total. The summed E-state index contributed by atoms with van der Waals surface area (Å²) in [7, 11) is 1.76. The van der Waals surface area contributed by atoms with Gasteiger partial charge in [0.1, 0.15) is 0 Å². The first-order chi connectivity index (χ1) is 7.31. The van der Waals surface area contributed by atoms with Crippen molar-refractivity contribution in [2.75, 3.05) is 20.3 Å². The Balaban J connectivity index is 2.34. The maximum Gasteiger partial charge on any atom is 0.0837 e. The van der Waals surface area contributed by atoms with E-state index in [1.54, 1.807) is 7.11 Å². The molecule has 0 aromatic carbocycles. The highest BCUT2D eigenvalue weighted by atomic mass is 16.5. The van der Waals surface area contributed by atoms with Gasteiger partial charge >= 0.3 is 0 Å². The summed E-state index contributed by atoms with van der Waals surface area (Å²) in [5.41, 5.74) is 0. The molecule has 3 heteroatoms. The molecule has 0 saturated heterocycles. The molecule has 3 nitrogen and oxygen atoms in total. The van der Waals surface area contributed by atoms with Gasteiger partial charge in [0.15, 0.2) is 0 Å². The standard InChI is InChI=1S/C12H24O3/c1-3-4-10-5-6-11(15-8-7-13)12(9-10)14-2/h10-13H,3-9H2,1-2H3/t10?,11-,12-/m1/s1. The van der Waals surface area contributed by atoms with E-state index >= 15 is 0 Å². The smallest absolute Gasteiger partial charge is 0.0837 e. The fourth-order valence-electron chi connectivity index (χ4n) is 2.50. The molecular formula is C12H24O3. The third kappa shape index (κ3) is 4.09. The van der Waals surface area contributed by atoms with Crippen LogP contribution in [0.2, 0.25) is 0 Å². The lowest BCUT2D eigenvalue weighted by atomic mass is 9.83. The lowest BCUT2D eigenvalue weighted by Gasteiger charge is -2.35. The normalized spacial score (nSPS) is 31.8. The minimum absolute atomic E-state index is 0.103. The van der Waals surface area contributed by atoms with Crippen LogP contribution in [0.4, 0.5) is 0 Å². The molecule has 3 atom stereocenters. The predicted molar refractivity (Wildman–Crippen MR) is 59.9 cm³/mol. The number of ether oxygens (including phenoxy) is 2. The number of aliphatic hydroxyl groups is 1. The molecule has 0 aromatic rings. The van der Waals surface area contributed by atoms with Gasteiger partial charge in [-0.3, -0.25) is 0 Å². The van der Waals surface area contributed by atoms with Crippen molar-refractivity contribution in [1.29, 1.82) is 0 Å². The van der Waals surface area contributed by atoms with Crippen molar-refractivity contribution in [2.24, 2.45) is 5.92 Å². The van der Waals surface area contributed by atoms with Crippen molar-refractivity contribution in [2.45, 2.75) is 51.2 Å². The van der Waals surface area contributed by atoms with Gasteiger partial charge in [-0.1, -0.05) is 19.8 Å². The van der Waals surface area contributed by atoms with E-state index in [2.05, 4.69) is 6.92 Å². The van der Waals surface area contributed by atoms with Crippen LogP contribution in [-0.2, 0) is 9.47 Å². The zero-order valence-corrected chi connectivity index (χ0v) is 9.95. The number of aliphatic hydroxyl groups excluding tert-OH is 1. The first kappa shape index (κ1) is 12.9. The van der Waals surface area contributed by atoms with Crippen molar-refractivity contribution in [1.82, 2.24) is 0 Å². The van der Waals surface area contributed by atoms with Crippen LogP contribution < -0.4 is 0 Å². The molecule has 1 saturated carbocycles. The molecule has 0 heterocycles. The van der Waals surface area contributed by atoms with Crippen LogP contribution in [0.25, 0.3) is 0 Å². The molecule has 1 aliphatic carbocycles. The number of hydrogen-bond acceptors (Lipinski definition) is 3. The molecule has 0 amide bonds. The van der Waals surface area contributed by atoms with Crippen LogP contribution in [0.1, 0.15) is 39.0 Å². The van der Waals surface area contributed by atoms with Gasteiger partial charge in [0.2, 0.25) is 0 Å². The zero-order valence-electron chi connectivity index (χ0n) is 9.95. The summed E-state index contributed by atoms with van der Waals surface area (Å²) < 4.78 is 11.1. The molecule has 0 radical (unpaired) electrons. The second-order valence-corrected chi connectivity index (χ2v) is 4.37. The van der Waals surface area contributed by atoms with E-state index in [1.165, 1.54) is 19.3 Å². The minimum atomic E-state index is 0.103. The van der Waals surface area contributed by atoms with Crippen LogP contribution in [0, 0.1) is 5.92 Å².